The minimum absolute atomic E-state index is 0.0537. The lowest BCUT2D eigenvalue weighted by molar-refractivity contribution is -0.138. The van der Waals surface area contributed by atoms with Gasteiger partial charge in [0, 0.05) is 11.4 Å². The molecule has 0 bridgehead atoms. The normalized spacial score (nSPS) is 12.4. The highest BCUT2D eigenvalue weighted by atomic mass is 35.5. The second-order valence-electron chi connectivity index (χ2n) is 9.36. The molecule has 0 saturated carbocycles. The van der Waals surface area contributed by atoms with Crippen molar-refractivity contribution in [3.05, 3.63) is 112 Å². The van der Waals surface area contributed by atoms with Crippen LogP contribution in [0.1, 0.15) is 11.1 Å². The molecule has 0 aliphatic rings. The molecule has 46 heavy (non-hydrogen) atoms. The number of nitrogens with zero attached hydrogens (tertiary/aromatic N) is 1. The molecule has 0 heterocycles. The molecule has 0 aliphatic heterocycles. The highest BCUT2D eigenvalue weighted by Gasteiger charge is 2.35. The van der Waals surface area contributed by atoms with Crippen molar-refractivity contribution >= 4 is 66.2 Å². The van der Waals surface area contributed by atoms with Crippen LogP contribution in [-0.2, 0) is 37.2 Å². The molecule has 244 valence electrons. The summed E-state index contributed by atoms with van der Waals surface area (Å²) in [5, 5.41) is 1.29. The zero-order valence-corrected chi connectivity index (χ0v) is 25.8. The van der Waals surface area contributed by atoms with E-state index >= 15 is 0 Å². The first-order chi connectivity index (χ1) is 21.3. The van der Waals surface area contributed by atoms with Gasteiger partial charge < -0.3 is 5.32 Å². The molecule has 2 N–H and O–H groups in total. The van der Waals surface area contributed by atoms with Crippen LogP contribution in [0.4, 0.5) is 43.4 Å². The second-order valence-corrected chi connectivity index (χ2v) is 13.7. The van der Waals surface area contributed by atoms with Gasteiger partial charge in [0.25, 0.3) is 20.0 Å². The van der Waals surface area contributed by atoms with E-state index in [-0.39, 0.29) is 10.6 Å². The molecular formula is C28H19Cl2F6N3O5S2. The van der Waals surface area contributed by atoms with Gasteiger partial charge in [-0.1, -0.05) is 41.4 Å². The van der Waals surface area contributed by atoms with Crippen LogP contribution in [0.15, 0.2) is 101 Å². The molecule has 0 aliphatic carbocycles. The van der Waals surface area contributed by atoms with Crippen LogP contribution in [0.3, 0.4) is 0 Å². The summed E-state index contributed by atoms with van der Waals surface area (Å²) in [6.07, 6.45) is -9.71. The van der Waals surface area contributed by atoms with Crippen LogP contribution in [-0.4, -0.2) is 29.3 Å². The minimum Gasteiger partial charge on any atom is -0.325 e. The number of hydrogen-bond donors (Lipinski definition) is 2. The molecule has 0 saturated heterocycles. The third-order valence-electron chi connectivity index (χ3n) is 6.13. The van der Waals surface area contributed by atoms with Gasteiger partial charge >= 0.3 is 12.4 Å². The number of alkyl halides is 6. The molecule has 0 radical (unpaired) electrons. The van der Waals surface area contributed by atoms with Gasteiger partial charge in [-0.2, -0.15) is 26.3 Å². The molecule has 0 unspecified atom stereocenters. The highest BCUT2D eigenvalue weighted by molar-refractivity contribution is 7.93. The third-order valence-corrected chi connectivity index (χ3v) is 9.95. The van der Waals surface area contributed by atoms with Crippen LogP contribution in [0, 0.1) is 0 Å². The van der Waals surface area contributed by atoms with E-state index in [1.54, 1.807) is 0 Å². The van der Waals surface area contributed by atoms with Gasteiger partial charge in [-0.05, 0) is 72.8 Å². The van der Waals surface area contributed by atoms with Crippen molar-refractivity contribution in [3.8, 4) is 0 Å². The first-order valence-corrected chi connectivity index (χ1v) is 16.2. The van der Waals surface area contributed by atoms with E-state index in [4.69, 9.17) is 23.2 Å². The smallest absolute Gasteiger partial charge is 0.325 e. The fourth-order valence-electron chi connectivity index (χ4n) is 3.97. The summed E-state index contributed by atoms with van der Waals surface area (Å²) in [5.74, 6) is -1.04. The van der Waals surface area contributed by atoms with Gasteiger partial charge in [0.05, 0.1) is 36.7 Å². The monoisotopic (exact) mass is 725 g/mol. The number of hydrogen-bond acceptors (Lipinski definition) is 5. The predicted octanol–water partition coefficient (Wildman–Crippen LogP) is 7.67. The molecule has 4 aromatic carbocycles. The Morgan fingerprint density at radius 1 is 0.696 bits per heavy atom. The number of sulfonamides is 2. The van der Waals surface area contributed by atoms with E-state index in [1.807, 2.05) is 4.72 Å². The van der Waals surface area contributed by atoms with E-state index in [1.165, 1.54) is 30.3 Å². The first-order valence-electron chi connectivity index (χ1n) is 12.5. The molecule has 4 aromatic rings. The number of rotatable bonds is 9. The van der Waals surface area contributed by atoms with Gasteiger partial charge in [-0.25, -0.2) is 16.8 Å². The molecule has 4 rings (SSSR count). The Morgan fingerprint density at radius 3 is 1.87 bits per heavy atom. The zero-order valence-electron chi connectivity index (χ0n) is 22.7. The number of carbonyl (C=O) groups excluding carboxylic acids is 1. The average molecular weight is 727 g/mol. The quantitative estimate of drug-likeness (QED) is 0.172. The third kappa shape index (κ3) is 8.04. The molecule has 1 amide bonds. The SMILES string of the molecule is O=C(CN(c1cc(C(F)(F)F)ccc1Cl)S(=O)(=O)c1ccccc1)Nc1ccc(S(=O)(=O)Nc2ccc(Cl)c(C(F)(F)F)c2)cc1. The largest absolute Gasteiger partial charge is 0.417 e. The molecule has 18 heteroatoms. The van der Waals surface area contributed by atoms with Crippen LogP contribution >= 0.6 is 23.2 Å². The summed E-state index contributed by atoms with van der Waals surface area (Å²) in [7, 11) is -9.07. The molecule has 0 spiro atoms. The summed E-state index contributed by atoms with van der Waals surface area (Å²) >= 11 is 11.7. The van der Waals surface area contributed by atoms with Crippen molar-refractivity contribution in [2.75, 3.05) is 20.9 Å². The summed E-state index contributed by atoms with van der Waals surface area (Å²) < 4.78 is 135. The Balaban J connectivity index is 1.58. The van der Waals surface area contributed by atoms with Crippen LogP contribution in [0.2, 0.25) is 10.0 Å². The van der Waals surface area contributed by atoms with Gasteiger partial charge in [-0.15, -0.1) is 0 Å². The summed E-state index contributed by atoms with van der Waals surface area (Å²) in [5.41, 5.74) is -3.59. The number of amides is 1. The Bertz CT molecular complexity index is 1980. The van der Waals surface area contributed by atoms with Crippen LogP contribution < -0.4 is 14.3 Å². The van der Waals surface area contributed by atoms with Crippen molar-refractivity contribution in [1.82, 2.24) is 0 Å². The Hall–Kier alpha value is -3.99. The lowest BCUT2D eigenvalue weighted by Gasteiger charge is -2.26. The van der Waals surface area contributed by atoms with E-state index in [2.05, 4.69) is 5.32 Å². The highest BCUT2D eigenvalue weighted by Crippen LogP contribution is 2.38. The van der Waals surface area contributed by atoms with E-state index < -0.39 is 82.3 Å². The second kappa shape index (κ2) is 13.0. The van der Waals surface area contributed by atoms with E-state index in [9.17, 15) is 48.0 Å². The Morgan fingerprint density at radius 2 is 1.28 bits per heavy atom. The Kier molecular flexibility index (Phi) is 9.87. The van der Waals surface area contributed by atoms with Crippen LogP contribution in [0.5, 0.6) is 0 Å². The minimum atomic E-state index is -4.87. The average Bonchev–Trinajstić information content (AvgIpc) is 2.97. The van der Waals surface area contributed by atoms with Gasteiger partial charge in [0.15, 0.2) is 0 Å². The van der Waals surface area contributed by atoms with Gasteiger partial charge in [-0.3, -0.25) is 13.8 Å². The fraction of sp³-hybridized carbons (Fsp3) is 0.107. The summed E-state index contributed by atoms with van der Waals surface area (Å²) in [4.78, 5) is 12.3. The molecule has 0 fully saturated rings. The fourth-order valence-corrected chi connectivity index (χ4v) is 6.96. The summed E-state index contributed by atoms with van der Waals surface area (Å²) in [6, 6.07) is 15.2. The molecule has 0 aromatic heterocycles. The van der Waals surface area contributed by atoms with Gasteiger partial charge in [0.1, 0.15) is 6.54 Å². The lowest BCUT2D eigenvalue weighted by atomic mass is 10.2. The van der Waals surface area contributed by atoms with Crippen LogP contribution in [0.25, 0.3) is 0 Å². The van der Waals surface area contributed by atoms with Gasteiger partial charge in [0.2, 0.25) is 5.91 Å². The number of halogens is 8. The number of nitrogens with one attached hydrogen (secondary N) is 2. The van der Waals surface area contributed by atoms with Crippen molar-refractivity contribution in [2.45, 2.75) is 22.1 Å². The number of anilines is 3. The number of benzene rings is 4. The standard InChI is InChI=1S/C28H19Cl2F6N3O5S2/c29-23-13-9-19(15-22(23)28(34,35)36)38-45(41,42)20-10-7-18(8-11-20)37-26(40)16-39(46(43,44)21-4-2-1-3-5-21)25-14-17(27(31,32)33)6-12-24(25)30/h1-15,38H,16H2,(H,37,40). The molecular weight excluding hydrogens is 707 g/mol. The summed E-state index contributed by atoms with van der Waals surface area (Å²) in [6.45, 7) is -1.04. The topological polar surface area (TPSA) is 113 Å². The van der Waals surface area contributed by atoms with Crippen molar-refractivity contribution in [1.29, 1.82) is 0 Å². The van der Waals surface area contributed by atoms with Crippen molar-refractivity contribution < 1.29 is 48.0 Å². The predicted molar refractivity (Wildman–Crippen MR) is 160 cm³/mol. The van der Waals surface area contributed by atoms with E-state index in [0.29, 0.717) is 22.5 Å². The zero-order chi connectivity index (χ0) is 34.1. The molecule has 8 nitrogen and oxygen atoms in total. The first kappa shape index (κ1) is 34.9. The van der Waals surface area contributed by atoms with E-state index in [0.717, 1.165) is 42.5 Å². The molecule has 0 atom stereocenters. The maximum absolute atomic E-state index is 13.5. The van der Waals surface area contributed by atoms with Crippen molar-refractivity contribution in [3.63, 3.8) is 0 Å². The maximum Gasteiger partial charge on any atom is 0.417 e. The number of carbonyl (C=O) groups is 1. The van der Waals surface area contributed by atoms with Crippen molar-refractivity contribution in [2.24, 2.45) is 0 Å². The maximum atomic E-state index is 13.5. The lowest BCUT2D eigenvalue weighted by Crippen LogP contribution is -2.38. The Labute approximate surface area is 268 Å².